The highest BCUT2D eigenvalue weighted by Crippen LogP contribution is 2.21. The Morgan fingerprint density at radius 2 is 1.82 bits per heavy atom. The van der Waals surface area contributed by atoms with E-state index >= 15 is 0 Å². The summed E-state index contributed by atoms with van der Waals surface area (Å²) in [6, 6.07) is 12.3. The normalized spacial score (nSPS) is 13.8. The van der Waals surface area contributed by atoms with E-state index in [2.05, 4.69) is 32.3 Å². The van der Waals surface area contributed by atoms with Crippen molar-refractivity contribution in [2.24, 2.45) is 0 Å². The first-order valence-electron chi connectivity index (χ1n) is 11.6. The number of anilines is 1. The third-order valence-corrected chi connectivity index (χ3v) is 6.04. The Balaban J connectivity index is 1.32. The van der Waals surface area contributed by atoms with E-state index < -0.39 is 0 Å². The maximum Gasteiger partial charge on any atom is 0.220 e. The number of carbonyl (C=O) groups is 1. The molecule has 1 aliphatic rings. The lowest BCUT2D eigenvalue weighted by atomic mass is 10.1. The van der Waals surface area contributed by atoms with Gasteiger partial charge in [0.05, 0.1) is 18.9 Å². The van der Waals surface area contributed by atoms with Crippen LogP contribution in [0.4, 0.5) is 5.82 Å². The Labute approximate surface area is 195 Å². The molecule has 33 heavy (non-hydrogen) atoms. The number of nitrogens with zero attached hydrogens (tertiary/aromatic N) is 5. The highest BCUT2D eigenvalue weighted by Gasteiger charge is 2.17. The molecule has 1 fully saturated rings. The first-order chi connectivity index (χ1) is 16.1. The first kappa shape index (κ1) is 22.9. The fourth-order valence-corrected chi connectivity index (χ4v) is 4.17. The van der Waals surface area contributed by atoms with E-state index in [1.165, 1.54) is 5.56 Å². The minimum atomic E-state index is 0.0752. The minimum absolute atomic E-state index is 0.0752. The average molecular weight is 449 g/mol. The van der Waals surface area contributed by atoms with Gasteiger partial charge in [0.15, 0.2) is 5.82 Å². The zero-order valence-corrected chi connectivity index (χ0v) is 19.5. The maximum atomic E-state index is 12.4. The van der Waals surface area contributed by atoms with Crippen molar-refractivity contribution in [3.63, 3.8) is 0 Å². The molecule has 0 spiro atoms. The number of aryl methyl sites for hydroxylation is 2. The molecule has 3 aromatic rings. The Morgan fingerprint density at radius 1 is 1.06 bits per heavy atom. The van der Waals surface area contributed by atoms with E-state index in [4.69, 9.17) is 9.84 Å². The Bertz CT molecular complexity index is 1060. The summed E-state index contributed by atoms with van der Waals surface area (Å²) < 4.78 is 7.29. The van der Waals surface area contributed by atoms with E-state index in [9.17, 15) is 4.79 Å². The van der Waals surface area contributed by atoms with Gasteiger partial charge in [-0.05, 0) is 44.2 Å². The third-order valence-electron chi connectivity index (χ3n) is 6.04. The average Bonchev–Trinajstić information content (AvgIpc) is 3.15. The van der Waals surface area contributed by atoms with Crippen molar-refractivity contribution in [3.8, 4) is 5.82 Å². The molecular weight excluding hydrogens is 416 g/mol. The van der Waals surface area contributed by atoms with Crippen LogP contribution in [0.25, 0.3) is 5.82 Å². The number of nitrogens with one attached hydrogen (secondary N) is 1. The van der Waals surface area contributed by atoms with Crippen LogP contribution in [0, 0.1) is 13.8 Å². The molecule has 1 N–H and O–H groups in total. The molecule has 0 saturated carbocycles. The summed E-state index contributed by atoms with van der Waals surface area (Å²) in [4.78, 5) is 23.4. The molecule has 0 unspecified atom stereocenters. The van der Waals surface area contributed by atoms with Crippen molar-refractivity contribution in [1.82, 2.24) is 25.1 Å². The minimum Gasteiger partial charge on any atom is -0.378 e. The molecule has 1 aliphatic heterocycles. The van der Waals surface area contributed by atoms with Crippen molar-refractivity contribution in [3.05, 3.63) is 65.2 Å². The lowest BCUT2D eigenvalue weighted by Crippen LogP contribution is -2.36. The third kappa shape index (κ3) is 5.96. The number of morpholine rings is 1. The van der Waals surface area contributed by atoms with Gasteiger partial charge in [0.1, 0.15) is 12.1 Å². The predicted octanol–water partition coefficient (Wildman–Crippen LogP) is 2.80. The van der Waals surface area contributed by atoms with Crippen LogP contribution in [0.5, 0.6) is 0 Å². The summed E-state index contributed by atoms with van der Waals surface area (Å²) in [6.07, 6.45) is 4.59. The van der Waals surface area contributed by atoms with Crippen LogP contribution < -0.4 is 10.2 Å². The van der Waals surface area contributed by atoms with Gasteiger partial charge < -0.3 is 15.0 Å². The number of benzene rings is 1. The van der Waals surface area contributed by atoms with E-state index in [0.717, 1.165) is 54.5 Å². The van der Waals surface area contributed by atoms with E-state index in [-0.39, 0.29) is 5.91 Å². The molecule has 1 amide bonds. The maximum absolute atomic E-state index is 12.4. The van der Waals surface area contributed by atoms with Gasteiger partial charge in [-0.25, -0.2) is 14.6 Å². The fourth-order valence-electron chi connectivity index (χ4n) is 4.17. The lowest BCUT2D eigenvalue weighted by Gasteiger charge is -2.27. The second-order valence-corrected chi connectivity index (χ2v) is 8.33. The summed E-state index contributed by atoms with van der Waals surface area (Å²) in [7, 11) is 0. The van der Waals surface area contributed by atoms with Crippen LogP contribution in [-0.2, 0) is 22.4 Å². The molecule has 1 aromatic carbocycles. The van der Waals surface area contributed by atoms with Crippen molar-refractivity contribution in [2.45, 2.75) is 39.5 Å². The van der Waals surface area contributed by atoms with Crippen LogP contribution in [0.15, 0.2) is 42.7 Å². The summed E-state index contributed by atoms with van der Waals surface area (Å²) >= 11 is 0. The molecule has 1 saturated heterocycles. The molecule has 174 valence electrons. The van der Waals surface area contributed by atoms with E-state index in [1.807, 2.05) is 42.8 Å². The highest BCUT2D eigenvalue weighted by atomic mass is 16.5. The molecule has 8 nitrogen and oxygen atoms in total. The number of amides is 1. The summed E-state index contributed by atoms with van der Waals surface area (Å²) in [6.45, 7) is 7.76. The predicted molar refractivity (Wildman–Crippen MR) is 128 cm³/mol. The molecule has 3 heterocycles. The zero-order valence-electron chi connectivity index (χ0n) is 19.5. The van der Waals surface area contributed by atoms with Crippen molar-refractivity contribution >= 4 is 11.7 Å². The van der Waals surface area contributed by atoms with Gasteiger partial charge in [0, 0.05) is 37.8 Å². The Kier molecular flexibility index (Phi) is 7.67. The molecule has 4 rings (SSSR count). The van der Waals surface area contributed by atoms with Crippen LogP contribution >= 0.6 is 0 Å². The van der Waals surface area contributed by atoms with Gasteiger partial charge in [-0.2, -0.15) is 5.10 Å². The van der Waals surface area contributed by atoms with Gasteiger partial charge in [-0.3, -0.25) is 4.79 Å². The number of aromatic nitrogens is 4. The zero-order chi connectivity index (χ0) is 23.0. The summed E-state index contributed by atoms with van der Waals surface area (Å²) in [5.74, 6) is 1.70. The smallest absolute Gasteiger partial charge is 0.220 e. The second kappa shape index (κ2) is 11.0. The van der Waals surface area contributed by atoms with Crippen LogP contribution in [0.1, 0.15) is 35.4 Å². The van der Waals surface area contributed by atoms with Crippen LogP contribution in [-0.4, -0.2) is 58.5 Å². The van der Waals surface area contributed by atoms with Crippen molar-refractivity contribution in [2.75, 3.05) is 37.7 Å². The SMILES string of the molecule is Cc1nn(-c2cc(N3CCOCC3)ncn2)c(C)c1CCC(=O)NCCCc1ccccc1. The summed E-state index contributed by atoms with van der Waals surface area (Å²) in [5.41, 5.74) is 4.33. The van der Waals surface area contributed by atoms with Gasteiger partial charge in [0.2, 0.25) is 5.91 Å². The van der Waals surface area contributed by atoms with Gasteiger partial charge in [-0.15, -0.1) is 0 Å². The monoisotopic (exact) mass is 448 g/mol. The van der Waals surface area contributed by atoms with Crippen LogP contribution in [0.2, 0.25) is 0 Å². The molecule has 2 aromatic heterocycles. The van der Waals surface area contributed by atoms with Crippen LogP contribution in [0.3, 0.4) is 0 Å². The number of rotatable bonds is 9. The molecule has 8 heteroatoms. The fraction of sp³-hybridized carbons (Fsp3) is 0.440. The number of hydrogen-bond donors (Lipinski definition) is 1. The first-order valence-corrected chi connectivity index (χ1v) is 11.6. The standard InChI is InChI=1S/C25H32N6O2/c1-19-22(10-11-25(32)26-12-6-9-21-7-4-3-5-8-21)20(2)31(29-19)24-17-23(27-18-28-24)30-13-15-33-16-14-30/h3-5,7-8,17-18H,6,9-16H2,1-2H3,(H,26,32). The molecule has 0 atom stereocenters. The second-order valence-electron chi connectivity index (χ2n) is 8.33. The van der Waals surface area contributed by atoms with Gasteiger partial charge >= 0.3 is 0 Å². The topological polar surface area (TPSA) is 85.2 Å². The molecular formula is C25H32N6O2. The largest absolute Gasteiger partial charge is 0.378 e. The van der Waals surface area contributed by atoms with Crippen molar-refractivity contribution in [1.29, 1.82) is 0 Å². The van der Waals surface area contributed by atoms with Gasteiger partial charge in [-0.1, -0.05) is 30.3 Å². The lowest BCUT2D eigenvalue weighted by molar-refractivity contribution is -0.121. The number of ether oxygens (including phenoxy) is 1. The van der Waals surface area contributed by atoms with Crippen molar-refractivity contribution < 1.29 is 9.53 Å². The quantitative estimate of drug-likeness (QED) is 0.507. The van der Waals surface area contributed by atoms with E-state index in [1.54, 1.807) is 6.33 Å². The van der Waals surface area contributed by atoms with E-state index in [0.29, 0.717) is 32.6 Å². The number of carbonyl (C=O) groups excluding carboxylic acids is 1. The highest BCUT2D eigenvalue weighted by molar-refractivity contribution is 5.76. The Hall–Kier alpha value is -3.26. The Morgan fingerprint density at radius 3 is 2.61 bits per heavy atom. The molecule has 0 aliphatic carbocycles. The molecule has 0 radical (unpaired) electrons. The summed E-state index contributed by atoms with van der Waals surface area (Å²) in [5, 5.41) is 7.75. The molecule has 0 bridgehead atoms. The van der Waals surface area contributed by atoms with Gasteiger partial charge in [0.25, 0.3) is 0 Å². The number of hydrogen-bond acceptors (Lipinski definition) is 6.